The second-order valence-electron chi connectivity index (χ2n) is 4.11. The van der Waals surface area contributed by atoms with Crippen molar-refractivity contribution in [2.45, 2.75) is 13.3 Å². The van der Waals surface area contributed by atoms with Crippen LogP contribution in [0.1, 0.15) is 10.4 Å². The van der Waals surface area contributed by atoms with Gasteiger partial charge in [0.15, 0.2) is 0 Å². The van der Waals surface area contributed by atoms with Crippen LogP contribution in [0.4, 0.5) is 11.4 Å². The average Bonchev–Trinajstić information content (AvgIpc) is 2.77. The van der Waals surface area contributed by atoms with E-state index in [2.05, 4.69) is 27.3 Å². The first-order valence-corrected chi connectivity index (χ1v) is 7.41. The lowest BCUT2D eigenvalue weighted by molar-refractivity contribution is -0.384. The van der Waals surface area contributed by atoms with E-state index in [0.29, 0.717) is 12.2 Å². The van der Waals surface area contributed by atoms with E-state index >= 15 is 0 Å². The SMILES string of the molecule is Cc1cccc([N+](=O)[O-])c1NCCc1ccc(Br)s1. The Balaban J connectivity index is 2.05. The summed E-state index contributed by atoms with van der Waals surface area (Å²) in [4.78, 5) is 11.9. The van der Waals surface area contributed by atoms with Gasteiger partial charge in [-0.25, -0.2) is 0 Å². The number of nitro benzene ring substituents is 1. The maximum Gasteiger partial charge on any atom is 0.292 e. The van der Waals surface area contributed by atoms with Gasteiger partial charge in [-0.05, 0) is 47.0 Å². The second kappa shape index (κ2) is 6.16. The van der Waals surface area contributed by atoms with Gasteiger partial charge < -0.3 is 5.32 Å². The van der Waals surface area contributed by atoms with Crippen LogP contribution in [-0.2, 0) is 6.42 Å². The van der Waals surface area contributed by atoms with Gasteiger partial charge in [0.2, 0.25) is 0 Å². The number of nitro groups is 1. The molecule has 6 heteroatoms. The third-order valence-corrected chi connectivity index (χ3v) is 4.43. The van der Waals surface area contributed by atoms with Gasteiger partial charge in [-0.15, -0.1) is 11.3 Å². The van der Waals surface area contributed by atoms with Crippen molar-refractivity contribution in [3.8, 4) is 0 Å². The van der Waals surface area contributed by atoms with Crippen LogP contribution in [0.2, 0.25) is 0 Å². The standard InChI is InChI=1S/C13H13BrN2O2S/c1-9-3-2-4-11(16(17)18)13(9)15-8-7-10-5-6-12(14)19-10/h2-6,15H,7-8H2,1H3. The second-order valence-corrected chi connectivity index (χ2v) is 6.66. The van der Waals surface area contributed by atoms with Gasteiger partial charge in [-0.2, -0.15) is 0 Å². The number of thiophene rings is 1. The molecule has 100 valence electrons. The number of halogens is 1. The summed E-state index contributed by atoms with van der Waals surface area (Å²) in [7, 11) is 0. The minimum atomic E-state index is -0.350. The molecule has 0 aliphatic carbocycles. The van der Waals surface area contributed by atoms with Crippen LogP contribution in [0, 0.1) is 17.0 Å². The minimum absolute atomic E-state index is 0.132. The molecule has 0 atom stereocenters. The van der Waals surface area contributed by atoms with E-state index < -0.39 is 0 Å². The predicted molar refractivity (Wildman–Crippen MR) is 82.0 cm³/mol. The third-order valence-electron chi connectivity index (χ3n) is 2.75. The van der Waals surface area contributed by atoms with Crippen molar-refractivity contribution < 1.29 is 4.92 Å². The maximum absolute atomic E-state index is 11.0. The molecule has 2 rings (SSSR count). The van der Waals surface area contributed by atoms with E-state index in [0.717, 1.165) is 15.8 Å². The van der Waals surface area contributed by atoms with Crippen LogP contribution in [0.5, 0.6) is 0 Å². The lowest BCUT2D eigenvalue weighted by Crippen LogP contribution is -2.07. The molecule has 1 N–H and O–H groups in total. The quantitative estimate of drug-likeness (QED) is 0.648. The smallest absolute Gasteiger partial charge is 0.292 e. The zero-order valence-corrected chi connectivity index (χ0v) is 12.8. The van der Waals surface area contributed by atoms with E-state index in [1.54, 1.807) is 17.4 Å². The number of benzene rings is 1. The van der Waals surface area contributed by atoms with Crippen molar-refractivity contribution >= 4 is 38.6 Å². The summed E-state index contributed by atoms with van der Waals surface area (Å²) in [5.74, 6) is 0. The number of hydrogen-bond donors (Lipinski definition) is 1. The van der Waals surface area contributed by atoms with Crippen LogP contribution in [-0.4, -0.2) is 11.5 Å². The molecular weight excluding hydrogens is 328 g/mol. The molecule has 4 nitrogen and oxygen atoms in total. The van der Waals surface area contributed by atoms with E-state index in [4.69, 9.17) is 0 Å². The molecule has 0 spiro atoms. The molecule has 0 aliphatic rings. The molecule has 1 aromatic carbocycles. The fourth-order valence-corrected chi connectivity index (χ4v) is 3.31. The summed E-state index contributed by atoms with van der Waals surface area (Å²) in [6.45, 7) is 2.55. The fourth-order valence-electron chi connectivity index (χ4n) is 1.83. The summed E-state index contributed by atoms with van der Waals surface area (Å²) in [6, 6.07) is 9.17. The lowest BCUT2D eigenvalue weighted by atomic mass is 10.1. The molecule has 0 saturated heterocycles. The number of aryl methyl sites for hydroxylation is 1. The van der Waals surface area contributed by atoms with Crippen LogP contribution >= 0.6 is 27.3 Å². The summed E-state index contributed by atoms with van der Waals surface area (Å²) in [6.07, 6.45) is 0.849. The topological polar surface area (TPSA) is 55.2 Å². The minimum Gasteiger partial charge on any atom is -0.379 e. The van der Waals surface area contributed by atoms with E-state index in [9.17, 15) is 10.1 Å². The highest BCUT2D eigenvalue weighted by molar-refractivity contribution is 9.11. The van der Waals surface area contributed by atoms with Gasteiger partial charge in [0, 0.05) is 17.5 Å². The lowest BCUT2D eigenvalue weighted by Gasteiger charge is -2.09. The highest BCUT2D eigenvalue weighted by atomic mass is 79.9. The number of para-hydroxylation sites is 1. The molecule has 0 unspecified atom stereocenters. The normalized spacial score (nSPS) is 10.4. The van der Waals surface area contributed by atoms with E-state index in [1.807, 2.05) is 19.1 Å². The van der Waals surface area contributed by atoms with E-state index in [-0.39, 0.29) is 10.6 Å². The molecule has 0 amide bonds. The molecular formula is C13H13BrN2O2S. The molecule has 0 saturated carbocycles. The molecule has 1 aromatic heterocycles. The van der Waals surface area contributed by atoms with Crippen LogP contribution in [0.15, 0.2) is 34.1 Å². The molecule has 0 radical (unpaired) electrons. The number of nitrogens with zero attached hydrogens (tertiary/aromatic N) is 1. The molecule has 2 aromatic rings. The Hall–Kier alpha value is -1.40. The van der Waals surface area contributed by atoms with Crippen molar-refractivity contribution in [2.24, 2.45) is 0 Å². The Bertz CT molecular complexity index is 598. The summed E-state index contributed by atoms with van der Waals surface area (Å²) < 4.78 is 1.10. The summed E-state index contributed by atoms with van der Waals surface area (Å²) >= 11 is 5.10. The van der Waals surface area contributed by atoms with Crippen LogP contribution in [0.25, 0.3) is 0 Å². The van der Waals surface area contributed by atoms with Crippen molar-refractivity contribution in [3.63, 3.8) is 0 Å². The van der Waals surface area contributed by atoms with Gasteiger partial charge >= 0.3 is 0 Å². The first-order valence-electron chi connectivity index (χ1n) is 5.80. The first kappa shape index (κ1) is 14.0. The van der Waals surface area contributed by atoms with Crippen LogP contribution in [0.3, 0.4) is 0 Å². The maximum atomic E-state index is 11.0. The average molecular weight is 341 g/mol. The van der Waals surface area contributed by atoms with Crippen molar-refractivity contribution in [1.29, 1.82) is 0 Å². The Labute approximate surface area is 123 Å². The number of hydrogen-bond acceptors (Lipinski definition) is 4. The monoisotopic (exact) mass is 340 g/mol. The Morgan fingerprint density at radius 2 is 2.16 bits per heavy atom. The van der Waals surface area contributed by atoms with E-state index in [1.165, 1.54) is 10.9 Å². The number of nitrogens with one attached hydrogen (secondary N) is 1. The molecule has 19 heavy (non-hydrogen) atoms. The summed E-state index contributed by atoms with van der Waals surface area (Å²) in [5, 5.41) is 14.1. The zero-order chi connectivity index (χ0) is 13.8. The predicted octanol–water partition coefficient (Wildman–Crippen LogP) is 4.38. The van der Waals surface area contributed by atoms with Crippen LogP contribution < -0.4 is 5.32 Å². The Kier molecular flexibility index (Phi) is 4.55. The van der Waals surface area contributed by atoms with Gasteiger partial charge in [0.1, 0.15) is 5.69 Å². The Morgan fingerprint density at radius 1 is 1.37 bits per heavy atom. The van der Waals surface area contributed by atoms with Gasteiger partial charge in [-0.3, -0.25) is 10.1 Å². The van der Waals surface area contributed by atoms with Gasteiger partial charge in [0.25, 0.3) is 5.69 Å². The highest BCUT2D eigenvalue weighted by Crippen LogP contribution is 2.28. The molecule has 0 fully saturated rings. The van der Waals surface area contributed by atoms with Crippen molar-refractivity contribution in [3.05, 3.63) is 54.7 Å². The zero-order valence-electron chi connectivity index (χ0n) is 10.4. The molecule has 0 aliphatic heterocycles. The number of rotatable bonds is 5. The van der Waals surface area contributed by atoms with Crippen molar-refractivity contribution in [2.75, 3.05) is 11.9 Å². The molecule has 0 bridgehead atoms. The number of anilines is 1. The van der Waals surface area contributed by atoms with Crippen molar-refractivity contribution in [1.82, 2.24) is 0 Å². The largest absolute Gasteiger partial charge is 0.379 e. The molecule has 1 heterocycles. The summed E-state index contributed by atoms with van der Waals surface area (Å²) in [5.41, 5.74) is 1.64. The fraction of sp³-hybridized carbons (Fsp3) is 0.231. The third kappa shape index (κ3) is 3.54. The van der Waals surface area contributed by atoms with Gasteiger partial charge in [-0.1, -0.05) is 12.1 Å². The Morgan fingerprint density at radius 3 is 2.79 bits per heavy atom. The first-order chi connectivity index (χ1) is 9.08. The van der Waals surface area contributed by atoms with Gasteiger partial charge in [0.05, 0.1) is 8.71 Å². The highest BCUT2D eigenvalue weighted by Gasteiger charge is 2.14.